The van der Waals surface area contributed by atoms with E-state index >= 15 is 0 Å². The van der Waals surface area contributed by atoms with Gasteiger partial charge in [-0.3, -0.25) is 9.59 Å². The standard InChI is InChI=1S/C26H33ClN2O7S/c1-4-26(23(30)31)21(16-35-15-14-28)29-17(2)25(3,22(26)19-12-8-9-13-20(19)27)24(32)36-37(33,34)18-10-6-5-7-11-18/h5-13,17,21-22,29H,4,14-16,28H2,1-3H3,(H,30,31)/t17?,21?,22-,25?,26?/m0/s1. The van der Waals surface area contributed by atoms with Gasteiger partial charge in [-0.1, -0.05) is 54.9 Å². The van der Waals surface area contributed by atoms with Crippen LogP contribution in [0, 0.1) is 10.8 Å². The van der Waals surface area contributed by atoms with Gasteiger partial charge >= 0.3 is 22.1 Å². The molecule has 3 rings (SSSR count). The van der Waals surface area contributed by atoms with Crippen LogP contribution in [0.2, 0.25) is 5.02 Å². The van der Waals surface area contributed by atoms with Gasteiger partial charge in [-0.2, -0.15) is 8.42 Å². The van der Waals surface area contributed by atoms with Crippen molar-refractivity contribution in [1.82, 2.24) is 5.32 Å². The molecule has 1 aliphatic heterocycles. The number of carbonyl (C=O) groups is 2. The third-order valence-corrected chi connectivity index (χ3v) is 9.06. The quantitative estimate of drug-likeness (QED) is 0.299. The molecule has 0 aromatic heterocycles. The molecule has 0 spiro atoms. The van der Waals surface area contributed by atoms with Crippen LogP contribution in [0.25, 0.3) is 0 Å². The van der Waals surface area contributed by atoms with Crippen molar-refractivity contribution in [3.05, 3.63) is 65.2 Å². The minimum absolute atomic E-state index is 0.00999. The third kappa shape index (κ3) is 5.26. The maximum absolute atomic E-state index is 13.9. The summed E-state index contributed by atoms with van der Waals surface area (Å²) in [6, 6.07) is 12.5. The van der Waals surface area contributed by atoms with Gasteiger partial charge in [-0.15, -0.1) is 0 Å². The molecule has 1 fully saturated rings. The Kier molecular flexibility index (Phi) is 9.02. The molecular weight excluding hydrogens is 520 g/mol. The van der Waals surface area contributed by atoms with Crippen LogP contribution >= 0.6 is 11.6 Å². The molecule has 5 atom stereocenters. The Morgan fingerprint density at radius 1 is 1.14 bits per heavy atom. The van der Waals surface area contributed by atoms with E-state index in [1.165, 1.54) is 31.2 Å². The third-order valence-electron chi connectivity index (χ3n) is 7.49. The highest BCUT2D eigenvalue weighted by molar-refractivity contribution is 7.87. The van der Waals surface area contributed by atoms with Gasteiger partial charge in [0.05, 0.1) is 24.0 Å². The van der Waals surface area contributed by atoms with Gasteiger partial charge in [0.2, 0.25) is 0 Å². The van der Waals surface area contributed by atoms with Crippen LogP contribution in [-0.4, -0.2) is 57.3 Å². The molecular formula is C26H33ClN2O7S. The number of benzene rings is 2. The van der Waals surface area contributed by atoms with E-state index in [1.807, 2.05) is 0 Å². The molecule has 2 aromatic carbocycles. The highest BCUT2D eigenvalue weighted by Gasteiger charge is 2.66. The van der Waals surface area contributed by atoms with E-state index in [9.17, 15) is 23.1 Å². The van der Waals surface area contributed by atoms with E-state index in [2.05, 4.69) is 5.32 Å². The average molecular weight is 553 g/mol. The van der Waals surface area contributed by atoms with Crippen LogP contribution in [0.5, 0.6) is 0 Å². The molecule has 2 aromatic rings. The first kappa shape index (κ1) is 29.1. The fraction of sp³-hybridized carbons (Fsp3) is 0.462. The van der Waals surface area contributed by atoms with Crippen molar-refractivity contribution in [3.8, 4) is 0 Å². The van der Waals surface area contributed by atoms with Crippen molar-refractivity contribution in [2.24, 2.45) is 16.6 Å². The molecule has 1 aliphatic rings. The summed E-state index contributed by atoms with van der Waals surface area (Å²) in [4.78, 5) is 26.8. The van der Waals surface area contributed by atoms with Crippen LogP contribution in [0.3, 0.4) is 0 Å². The molecule has 37 heavy (non-hydrogen) atoms. The monoisotopic (exact) mass is 552 g/mol. The summed E-state index contributed by atoms with van der Waals surface area (Å²) in [5.74, 6) is -3.33. The lowest BCUT2D eigenvalue weighted by molar-refractivity contribution is -0.172. The van der Waals surface area contributed by atoms with Crippen molar-refractivity contribution in [1.29, 1.82) is 0 Å². The maximum atomic E-state index is 13.9. The predicted molar refractivity (Wildman–Crippen MR) is 139 cm³/mol. The molecule has 11 heteroatoms. The first-order chi connectivity index (χ1) is 17.5. The van der Waals surface area contributed by atoms with Crippen molar-refractivity contribution in [2.45, 2.75) is 50.1 Å². The summed E-state index contributed by atoms with van der Waals surface area (Å²) in [6.45, 7) is 5.40. The number of carbonyl (C=O) groups excluding carboxylic acids is 1. The first-order valence-electron chi connectivity index (χ1n) is 12.0. The van der Waals surface area contributed by atoms with Gasteiger partial charge in [-0.25, -0.2) is 0 Å². The van der Waals surface area contributed by atoms with Crippen LogP contribution in [0.4, 0.5) is 0 Å². The summed E-state index contributed by atoms with van der Waals surface area (Å²) in [5, 5.41) is 14.2. The zero-order valence-corrected chi connectivity index (χ0v) is 22.6. The minimum Gasteiger partial charge on any atom is -0.481 e. The van der Waals surface area contributed by atoms with Crippen molar-refractivity contribution in [2.75, 3.05) is 19.8 Å². The highest BCUT2D eigenvalue weighted by Crippen LogP contribution is 2.58. The molecule has 0 radical (unpaired) electrons. The molecule has 9 nitrogen and oxygen atoms in total. The summed E-state index contributed by atoms with van der Waals surface area (Å²) < 4.78 is 36.9. The molecule has 202 valence electrons. The number of halogens is 1. The van der Waals surface area contributed by atoms with Gasteiger partial charge < -0.3 is 25.1 Å². The molecule has 1 heterocycles. The molecule has 4 N–H and O–H groups in total. The number of nitrogens with one attached hydrogen (secondary N) is 1. The van der Waals surface area contributed by atoms with Gasteiger partial charge in [0, 0.05) is 29.6 Å². The van der Waals surface area contributed by atoms with E-state index in [-0.39, 0.29) is 36.1 Å². The number of hydrogen-bond donors (Lipinski definition) is 3. The maximum Gasteiger partial charge on any atom is 0.341 e. The number of piperidine rings is 1. The Morgan fingerprint density at radius 2 is 1.76 bits per heavy atom. The fourth-order valence-electron chi connectivity index (χ4n) is 5.39. The van der Waals surface area contributed by atoms with E-state index in [0.717, 1.165) is 0 Å². The van der Waals surface area contributed by atoms with Gasteiger partial charge in [0.15, 0.2) is 0 Å². The van der Waals surface area contributed by atoms with E-state index < -0.39 is 50.9 Å². The van der Waals surface area contributed by atoms with Crippen molar-refractivity contribution >= 4 is 33.7 Å². The predicted octanol–water partition coefficient (Wildman–Crippen LogP) is 3.18. The number of nitrogens with two attached hydrogens (primary N) is 1. The lowest BCUT2D eigenvalue weighted by Crippen LogP contribution is -2.70. The van der Waals surface area contributed by atoms with Gasteiger partial charge in [0.25, 0.3) is 0 Å². The minimum atomic E-state index is -4.48. The summed E-state index contributed by atoms with van der Waals surface area (Å²) >= 11 is 6.60. The van der Waals surface area contributed by atoms with Crippen molar-refractivity contribution in [3.63, 3.8) is 0 Å². The van der Waals surface area contributed by atoms with Crippen molar-refractivity contribution < 1.29 is 32.0 Å². The Morgan fingerprint density at radius 3 is 2.32 bits per heavy atom. The van der Waals surface area contributed by atoms with Crippen LogP contribution in [0.15, 0.2) is 59.5 Å². The Bertz CT molecular complexity index is 1230. The van der Waals surface area contributed by atoms with Crippen LogP contribution in [-0.2, 0) is 28.6 Å². The second-order valence-corrected chi connectivity index (χ2v) is 11.3. The number of hydrogen-bond acceptors (Lipinski definition) is 8. The summed E-state index contributed by atoms with van der Waals surface area (Å²) in [7, 11) is -4.48. The molecule has 4 unspecified atom stereocenters. The zero-order valence-electron chi connectivity index (χ0n) is 21.0. The molecule has 0 bridgehead atoms. The Balaban J connectivity index is 2.21. The zero-order chi connectivity index (χ0) is 27.4. The fourth-order valence-corrected chi connectivity index (χ4v) is 6.60. The van der Waals surface area contributed by atoms with Gasteiger partial charge in [0.1, 0.15) is 4.90 Å². The Hall–Kier alpha value is -2.50. The lowest BCUT2D eigenvalue weighted by Gasteiger charge is -2.57. The summed E-state index contributed by atoms with van der Waals surface area (Å²) in [6.07, 6.45) is 0.0862. The smallest absolute Gasteiger partial charge is 0.341 e. The lowest BCUT2D eigenvalue weighted by atomic mass is 9.51. The van der Waals surface area contributed by atoms with E-state index in [0.29, 0.717) is 5.56 Å². The normalized spacial score (nSPS) is 28.0. The van der Waals surface area contributed by atoms with Gasteiger partial charge in [-0.05, 0) is 44.0 Å². The molecule has 0 amide bonds. The summed E-state index contributed by atoms with van der Waals surface area (Å²) in [5.41, 5.74) is 2.69. The van der Waals surface area contributed by atoms with E-state index in [1.54, 1.807) is 44.2 Å². The first-order valence-corrected chi connectivity index (χ1v) is 13.8. The topological polar surface area (TPSA) is 145 Å². The molecule has 0 aliphatic carbocycles. The number of carboxylic acids is 1. The van der Waals surface area contributed by atoms with Crippen LogP contribution < -0.4 is 11.1 Å². The van der Waals surface area contributed by atoms with Crippen LogP contribution in [0.1, 0.15) is 38.7 Å². The second-order valence-electron chi connectivity index (χ2n) is 9.38. The number of aliphatic carboxylic acids is 1. The number of rotatable bonds is 10. The highest BCUT2D eigenvalue weighted by atomic mass is 35.5. The van der Waals surface area contributed by atoms with E-state index in [4.69, 9.17) is 26.3 Å². The molecule has 1 saturated heterocycles. The number of ether oxygens (including phenoxy) is 1. The SMILES string of the molecule is CCC1(C(=O)O)C(COCCN)NC(C)C(C)(C(=O)OS(=O)(=O)c2ccccc2)[C@@H]1c1ccccc1Cl. The largest absolute Gasteiger partial charge is 0.481 e. The average Bonchev–Trinajstić information content (AvgIpc) is 2.86. The molecule has 0 saturated carbocycles. The second kappa shape index (κ2) is 11.5. The number of carboxylic acid groups (broad SMARTS) is 1. The Labute approximate surface area is 222 Å².